The van der Waals surface area contributed by atoms with E-state index in [1.807, 2.05) is 12.1 Å². The second kappa shape index (κ2) is 10.5. The average Bonchev–Trinajstić information content (AvgIpc) is 2.68. The lowest BCUT2D eigenvalue weighted by molar-refractivity contribution is -0.385. The molecule has 0 N–H and O–H groups in total. The first-order chi connectivity index (χ1) is 14.5. The molecule has 0 heterocycles. The van der Waals surface area contributed by atoms with Gasteiger partial charge in [0.25, 0.3) is 11.4 Å². The van der Waals surface area contributed by atoms with Crippen LogP contribution in [0.3, 0.4) is 0 Å². The predicted octanol–water partition coefficient (Wildman–Crippen LogP) is 5.97. The summed E-state index contributed by atoms with van der Waals surface area (Å²) in [6.07, 6.45) is 0.879. The highest BCUT2D eigenvalue weighted by Crippen LogP contribution is 2.28. The molecular formula is C24H32N2O5. The van der Waals surface area contributed by atoms with Crippen LogP contribution in [-0.2, 0) is 17.6 Å². The first-order valence-corrected chi connectivity index (χ1v) is 10.6. The number of benzene rings is 2. The average molecular weight is 429 g/mol. The van der Waals surface area contributed by atoms with Crippen molar-refractivity contribution in [2.75, 3.05) is 0 Å². The van der Waals surface area contributed by atoms with E-state index in [2.05, 4.69) is 27.7 Å². The molecular weight excluding hydrogens is 396 g/mol. The second-order valence-electron chi connectivity index (χ2n) is 8.75. The van der Waals surface area contributed by atoms with Crippen molar-refractivity contribution >= 4 is 11.4 Å². The van der Waals surface area contributed by atoms with Crippen molar-refractivity contribution < 1.29 is 14.6 Å². The zero-order valence-electron chi connectivity index (χ0n) is 19.1. The molecule has 168 valence electrons. The summed E-state index contributed by atoms with van der Waals surface area (Å²) in [5, 5.41) is 22.6. The van der Waals surface area contributed by atoms with E-state index in [9.17, 15) is 20.2 Å². The molecule has 2 atom stereocenters. The minimum atomic E-state index is -0.355. The summed E-state index contributed by atoms with van der Waals surface area (Å²) in [4.78, 5) is 21.9. The molecule has 7 heteroatoms. The van der Waals surface area contributed by atoms with E-state index in [1.54, 1.807) is 26.0 Å². The Hall–Kier alpha value is -2.80. The molecule has 0 saturated carbocycles. The van der Waals surface area contributed by atoms with Gasteiger partial charge < -0.3 is 4.74 Å². The molecule has 2 unspecified atom stereocenters. The second-order valence-corrected chi connectivity index (χ2v) is 8.75. The van der Waals surface area contributed by atoms with Crippen LogP contribution in [0.5, 0.6) is 0 Å². The first-order valence-electron chi connectivity index (χ1n) is 10.6. The minimum Gasteiger partial charge on any atom is -0.374 e. The molecule has 0 spiro atoms. The van der Waals surface area contributed by atoms with Crippen LogP contribution in [0.15, 0.2) is 36.4 Å². The maximum Gasteiger partial charge on any atom is 0.272 e. The summed E-state index contributed by atoms with van der Waals surface area (Å²) in [7, 11) is 0. The zero-order valence-corrected chi connectivity index (χ0v) is 19.1. The fourth-order valence-corrected chi connectivity index (χ4v) is 3.72. The predicted molar refractivity (Wildman–Crippen MR) is 121 cm³/mol. The van der Waals surface area contributed by atoms with Crippen LogP contribution in [0.4, 0.5) is 11.4 Å². The summed E-state index contributed by atoms with van der Waals surface area (Å²) in [6.45, 7) is 11.9. The van der Waals surface area contributed by atoms with Crippen molar-refractivity contribution in [3.63, 3.8) is 0 Å². The highest BCUT2D eigenvalue weighted by Gasteiger charge is 2.26. The molecule has 31 heavy (non-hydrogen) atoms. The number of hydrogen-bond acceptors (Lipinski definition) is 5. The highest BCUT2D eigenvalue weighted by atomic mass is 16.6. The molecule has 0 saturated heterocycles. The Balaban J connectivity index is 2.28. The van der Waals surface area contributed by atoms with Gasteiger partial charge in [-0.15, -0.1) is 0 Å². The fourth-order valence-electron chi connectivity index (χ4n) is 3.72. The van der Waals surface area contributed by atoms with Crippen molar-refractivity contribution in [1.29, 1.82) is 0 Å². The standard InChI is InChI=1S/C24H32N2O5/c1-15(2)23(13-19-9-7-11-21(17(19)5)25(27)28)31-24(16(3)4)14-20-10-8-12-22(18(20)6)26(29)30/h7-12,15-16,23-24H,13-14H2,1-6H3. The van der Waals surface area contributed by atoms with Gasteiger partial charge in [-0.3, -0.25) is 20.2 Å². The normalized spacial score (nSPS) is 13.4. The first kappa shape index (κ1) is 24.5. The summed E-state index contributed by atoms with van der Waals surface area (Å²) >= 11 is 0. The van der Waals surface area contributed by atoms with E-state index in [0.29, 0.717) is 24.0 Å². The quantitative estimate of drug-likeness (QED) is 0.343. The van der Waals surface area contributed by atoms with Crippen LogP contribution in [0.2, 0.25) is 0 Å². The third kappa shape index (κ3) is 6.10. The fraction of sp³-hybridized carbons (Fsp3) is 0.500. The maximum absolute atomic E-state index is 11.3. The third-order valence-corrected chi connectivity index (χ3v) is 5.91. The number of rotatable bonds is 10. The molecule has 2 aromatic rings. The summed E-state index contributed by atoms with van der Waals surface area (Å²) in [5.41, 5.74) is 3.37. The summed E-state index contributed by atoms with van der Waals surface area (Å²) in [5.74, 6) is 0.400. The number of nitrogens with zero attached hydrogens (tertiary/aromatic N) is 2. The number of nitro benzene ring substituents is 2. The van der Waals surface area contributed by atoms with Crippen LogP contribution in [0.25, 0.3) is 0 Å². The molecule has 0 amide bonds. The van der Waals surface area contributed by atoms with Crippen LogP contribution in [-0.4, -0.2) is 22.1 Å². The molecule has 2 aromatic carbocycles. The maximum atomic E-state index is 11.3. The van der Waals surface area contributed by atoms with Crippen molar-refractivity contribution in [2.24, 2.45) is 11.8 Å². The number of nitro groups is 2. The Bertz CT molecular complexity index is 864. The van der Waals surface area contributed by atoms with E-state index < -0.39 is 0 Å². The van der Waals surface area contributed by atoms with Crippen molar-refractivity contribution in [2.45, 2.75) is 66.6 Å². The lowest BCUT2D eigenvalue weighted by Crippen LogP contribution is -2.33. The Kier molecular flexibility index (Phi) is 8.28. The molecule has 0 aliphatic carbocycles. The minimum absolute atomic E-state index is 0.118. The van der Waals surface area contributed by atoms with E-state index in [-0.39, 0.29) is 45.3 Å². The molecule has 2 rings (SSSR count). The molecule has 0 radical (unpaired) electrons. The van der Waals surface area contributed by atoms with Gasteiger partial charge in [-0.2, -0.15) is 0 Å². The molecule has 7 nitrogen and oxygen atoms in total. The highest BCUT2D eigenvalue weighted by molar-refractivity contribution is 5.45. The Morgan fingerprint density at radius 3 is 1.39 bits per heavy atom. The van der Waals surface area contributed by atoms with Gasteiger partial charge in [-0.25, -0.2) is 0 Å². The number of hydrogen-bond donors (Lipinski definition) is 0. The van der Waals surface area contributed by atoms with Crippen molar-refractivity contribution in [3.8, 4) is 0 Å². The van der Waals surface area contributed by atoms with Crippen LogP contribution in [0, 0.1) is 45.9 Å². The van der Waals surface area contributed by atoms with Crippen molar-refractivity contribution in [3.05, 3.63) is 78.9 Å². The lowest BCUT2D eigenvalue weighted by atomic mass is 9.92. The van der Waals surface area contributed by atoms with E-state index in [1.165, 1.54) is 12.1 Å². The van der Waals surface area contributed by atoms with Gasteiger partial charge in [0.2, 0.25) is 0 Å². The zero-order chi connectivity index (χ0) is 23.3. The van der Waals surface area contributed by atoms with Gasteiger partial charge in [0.15, 0.2) is 0 Å². The van der Waals surface area contributed by atoms with Gasteiger partial charge in [-0.1, -0.05) is 52.0 Å². The monoisotopic (exact) mass is 428 g/mol. The van der Waals surface area contributed by atoms with Crippen LogP contribution < -0.4 is 0 Å². The summed E-state index contributed by atoms with van der Waals surface area (Å²) < 4.78 is 6.55. The van der Waals surface area contributed by atoms with Crippen LogP contribution in [0.1, 0.15) is 49.9 Å². The van der Waals surface area contributed by atoms with Gasteiger partial charge in [-0.05, 0) is 49.7 Å². The molecule has 0 aromatic heterocycles. The van der Waals surface area contributed by atoms with E-state index in [4.69, 9.17) is 4.74 Å². The number of ether oxygens (including phenoxy) is 1. The third-order valence-electron chi connectivity index (χ3n) is 5.91. The SMILES string of the molecule is Cc1c(CC(OC(Cc2cccc([N+](=O)[O-])c2C)C(C)C)C(C)C)cccc1[N+](=O)[O-]. The van der Waals surface area contributed by atoms with Gasteiger partial charge in [0.1, 0.15) is 0 Å². The smallest absolute Gasteiger partial charge is 0.272 e. The van der Waals surface area contributed by atoms with Gasteiger partial charge in [0.05, 0.1) is 22.1 Å². The largest absolute Gasteiger partial charge is 0.374 e. The van der Waals surface area contributed by atoms with E-state index in [0.717, 1.165) is 11.1 Å². The van der Waals surface area contributed by atoms with Crippen LogP contribution >= 0.6 is 0 Å². The molecule has 0 bridgehead atoms. The lowest BCUT2D eigenvalue weighted by Gasteiger charge is -2.31. The molecule has 0 aliphatic heterocycles. The summed E-state index contributed by atoms with van der Waals surface area (Å²) in [6, 6.07) is 10.3. The van der Waals surface area contributed by atoms with Gasteiger partial charge in [0, 0.05) is 23.3 Å². The topological polar surface area (TPSA) is 95.5 Å². The van der Waals surface area contributed by atoms with Crippen molar-refractivity contribution in [1.82, 2.24) is 0 Å². The Morgan fingerprint density at radius 1 is 0.742 bits per heavy atom. The molecule has 0 aliphatic rings. The Morgan fingerprint density at radius 2 is 1.10 bits per heavy atom. The van der Waals surface area contributed by atoms with E-state index >= 15 is 0 Å². The Labute approximate surface area is 183 Å². The molecule has 0 fully saturated rings. The van der Waals surface area contributed by atoms with Gasteiger partial charge >= 0.3 is 0 Å².